The van der Waals surface area contributed by atoms with Crippen molar-refractivity contribution in [3.8, 4) is 0 Å². The molecule has 0 saturated heterocycles. The standard InChI is InChI=1S/C23H31N5O/c1-6-7-11-24-23(29)27-19-12-21(22-26-17(4)18(5)28(22)14-19)25-13-20-15(2)9-8-10-16(20)3/h8-10,12,14,25H,6-7,11,13H2,1-5H3,(H2,24,27,29). The molecule has 3 aromatic rings. The average molecular weight is 394 g/mol. The number of hydrogen-bond acceptors (Lipinski definition) is 3. The smallest absolute Gasteiger partial charge is 0.319 e. The van der Waals surface area contributed by atoms with E-state index < -0.39 is 0 Å². The summed E-state index contributed by atoms with van der Waals surface area (Å²) in [6.45, 7) is 11.8. The number of anilines is 2. The SMILES string of the molecule is CCCCNC(=O)Nc1cc(NCc2c(C)cccc2C)c2nc(C)c(C)n2c1. The van der Waals surface area contributed by atoms with Crippen molar-refractivity contribution >= 4 is 23.1 Å². The highest BCUT2D eigenvalue weighted by Gasteiger charge is 2.13. The second kappa shape index (κ2) is 8.99. The maximum Gasteiger partial charge on any atom is 0.319 e. The van der Waals surface area contributed by atoms with E-state index in [2.05, 4.69) is 54.9 Å². The van der Waals surface area contributed by atoms with Gasteiger partial charge in [-0.1, -0.05) is 31.5 Å². The van der Waals surface area contributed by atoms with Gasteiger partial charge < -0.3 is 20.4 Å². The Morgan fingerprint density at radius 2 is 1.86 bits per heavy atom. The molecule has 2 aromatic heterocycles. The van der Waals surface area contributed by atoms with E-state index in [9.17, 15) is 4.79 Å². The molecule has 29 heavy (non-hydrogen) atoms. The molecule has 0 atom stereocenters. The Hall–Kier alpha value is -3.02. The van der Waals surface area contributed by atoms with E-state index in [1.165, 1.54) is 16.7 Å². The van der Waals surface area contributed by atoms with E-state index >= 15 is 0 Å². The Morgan fingerprint density at radius 1 is 1.14 bits per heavy atom. The van der Waals surface area contributed by atoms with Crippen molar-refractivity contribution in [1.82, 2.24) is 14.7 Å². The van der Waals surface area contributed by atoms with Gasteiger partial charge in [-0.05, 0) is 56.9 Å². The topological polar surface area (TPSA) is 70.5 Å². The normalized spacial score (nSPS) is 10.9. The molecule has 3 N–H and O–H groups in total. The number of urea groups is 1. The first-order valence-electron chi connectivity index (χ1n) is 10.2. The Labute approximate surface area is 172 Å². The number of hydrogen-bond donors (Lipinski definition) is 3. The van der Waals surface area contributed by atoms with E-state index in [0.29, 0.717) is 13.1 Å². The Balaban J connectivity index is 1.88. The number of unbranched alkanes of at least 4 members (excludes halogenated alkanes) is 1. The van der Waals surface area contributed by atoms with Crippen LogP contribution in [0.15, 0.2) is 30.5 Å². The lowest BCUT2D eigenvalue weighted by molar-refractivity contribution is 0.252. The largest absolute Gasteiger partial charge is 0.378 e. The summed E-state index contributed by atoms with van der Waals surface area (Å²) in [6, 6.07) is 8.10. The number of nitrogens with zero attached hydrogens (tertiary/aromatic N) is 2. The van der Waals surface area contributed by atoms with Gasteiger partial charge in [-0.2, -0.15) is 0 Å². The number of aryl methyl sites for hydroxylation is 4. The molecule has 6 nitrogen and oxygen atoms in total. The zero-order valence-corrected chi connectivity index (χ0v) is 18.0. The van der Waals surface area contributed by atoms with Gasteiger partial charge in [-0.3, -0.25) is 0 Å². The van der Waals surface area contributed by atoms with Gasteiger partial charge in [0.2, 0.25) is 0 Å². The molecule has 3 rings (SSSR count). The molecule has 6 heteroatoms. The van der Waals surface area contributed by atoms with Crippen LogP contribution in [0.3, 0.4) is 0 Å². The van der Waals surface area contributed by atoms with Gasteiger partial charge in [0, 0.05) is 25.0 Å². The number of benzene rings is 1. The Bertz CT molecular complexity index is 1000. The van der Waals surface area contributed by atoms with Crippen LogP contribution in [0.1, 0.15) is 47.8 Å². The third-order valence-corrected chi connectivity index (χ3v) is 5.37. The van der Waals surface area contributed by atoms with Crippen molar-refractivity contribution in [2.75, 3.05) is 17.2 Å². The van der Waals surface area contributed by atoms with Crippen molar-refractivity contribution < 1.29 is 4.79 Å². The predicted molar refractivity (Wildman–Crippen MR) is 120 cm³/mol. The minimum Gasteiger partial charge on any atom is -0.378 e. The van der Waals surface area contributed by atoms with Crippen LogP contribution in [-0.2, 0) is 6.54 Å². The van der Waals surface area contributed by atoms with Crippen molar-refractivity contribution in [2.45, 2.75) is 54.0 Å². The van der Waals surface area contributed by atoms with Crippen molar-refractivity contribution in [2.24, 2.45) is 0 Å². The summed E-state index contributed by atoms with van der Waals surface area (Å²) in [7, 11) is 0. The van der Waals surface area contributed by atoms with E-state index in [0.717, 1.165) is 41.3 Å². The van der Waals surface area contributed by atoms with E-state index in [1.54, 1.807) is 0 Å². The molecule has 154 valence electrons. The van der Waals surface area contributed by atoms with Gasteiger partial charge in [0.05, 0.1) is 17.1 Å². The molecule has 0 aliphatic carbocycles. The quantitative estimate of drug-likeness (QED) is 0.489. The van der Waals surface area contributed by atoms with Crippen LogP contribution < -0.4 is 16.0 Å². The van der Waals surface area contributed by atoms with Crippen molar-refractivity contribution in [1.29, 1.82) is 0 Å². The number of carbonyl (C=O) groups excluding carboxylic acids is 1. The summed E-state index contributed by atoms with van der Waals surface area (Å²) in [5.74, 6) is 0. The first kappa shape index (κ1) is 20.7. The first-order valence-corrected chi connectivity index (χ1v) is 10.2. The van der Waals surface area contributed by atoms with Crippen LogP contribution in [0.4, 0.5) is 16.2 Å². The highest BCUT2D eigenvalue weighted by atomic mass is 16.2. The van der Waals surface area contributed by atoms with Crippen molar-refractivity contribution in [3.05, 3.63) is 58.5 Å². The maximum atomic E-state index is 12.2. The van der Waals surface area contributed by atoms with Crippen LogP contribution in [0.2, 0.25) is 0 Å². The molecule has 1 aromatic carbocycles. The van der Waals surface area contributed by atoms with E-state index in [1.807, 2.05) is 30.5 Å². The fraction of sp³-hybridized carbons (Fsp3) is 0.391. The Kier molecular flexibility index (Phi) is 6.42. The number of fused-ring (bicyclic) bond motifs is 1. The van der Waals surface area contributed by atoms with Gasteiger partial charge in [-0.15, -0.1) is 0 Å². The molecule has 0 aliphatic heterocycles. The number of carbonyl (C=O) groups is 1. The first-order chi connectivity index (χ1) is 13.9. The maximum absolute atomic E-state index is 12.2. The number of nitrogens with one attached hydrogen (secondary N) is 3. The molecule has 0 radical (unpaired) electrons. The fourth-order valence-electron chi connectivity index (χ4n) is 3.44. The van der Waals surface area contributed by atoms with Crippen molar-refractivity contribution in [3.63, 3.8) is 0 Å². The molecule has 0 spiro atoms. The highest BCUT2D eigenvalue weighted by Crippen LogP contribution is 2.26. The van der Waals surface area contributed by atoms with Crippen LogP contribution in [-0.4, -0.2) is 22.0 Å². The predicted octanol–water partition coefficient (Wildman–Crippen LogP) is 5.10. The van der Waals surface area contributed by atoms with Crippen LogP contribution in [0.5, 0.6) is 0 Å². The lowest BCUT2D eigenvalue weighted by Crippen LogP contribution is -2.29. The second-order valence-electron chi connectivity index (χ2n) is 7.58. The monoisotopic (exact) mass is 393 g/mol. The minimum absolute atomic E-state index is 0.187. The lowest BCUT2D eigenvalue weighted by atomic mass is 10.0. The summed E-state index contributed by atoms with van der Waals surface area (Å²) in [6.07, 6.45) is 3.94. The van der Waals surface area contributed by atoms with Crippen LogP contribution in [0.25, 0.3) is 5.65 Å². The third-order valence-electron chi connectivity index (χ3n) is 5.37. The Morgan fingerprint density at radius 3 is 2.55 bits per heavy atom. The van der Waals surface area contributed by atoms with Crippen LogP contribution in [0, 0.1) is 27.7 Å². The molecule has 0 saturated carbocycles. The van der Waals surface area contributed by atoms with Gasteiger partial charge in [-0.25, -0.2) is 9.78 Å². The highest BCUT2D eigenvalue weighted by molar-refractivity contribution is 5.90. The summed E-state index contributed by atoms with van der Waals surface area (Å²) in [5.41, 5.74) is 8.33. The van der Waals surface area contributed by atoms with Gasteiger partial charge >= 0.3 is 6.03 Å². The molecule has 0 fully saturated rings. The molecule has 2 heterocycles. The zero-order valence-electron chi connectivity index (χ0n) is 18.0. The minimum atomic E-state index is -0.187. The van der Waals surface area contributed by atoms with Crippen LogP contribution >= 0.6 is 0 Å². The molecule has 0 unspecified atom stereocenters. The number of rotatable bonds is 7. The van der Waals surface area contributed by atoms with Gasteiger partial charge in [0.15, 0.2) is 5.65 Å². The fourth-order valence-corrected chi connectivity index (χ4v) is 3.44. The summed E-state index contributed by atoms with van der Waals surface area (Å²) < 4.78 is 2.03. The molecule has 0 bridgehead atoms. The van der Waals surface area contributed by atoms with E-state index in [4.69, 9.17) is 4.98 Å². The third kappa shape index (κ3) is 4.70. The molecule has 0 aliphatic rings. The lowest BCUT2D eigenvalue weighted by Gasteiger charge is -2.15. The number of pyridine rings is 1. The molecular formula is C23H31N5O. The number of aromatic nitrogens is 2. The molecule has 2 amide bonds. The summed E-state index contributed by atoms with van der Waals surface area (Å²) in [4.78, 5) is 16.9. The van der Waals surface area contributed by atoms with Gasteiger partial charge in [0.1, 0.15) is 0 Å². The molecular weight excluding hydrogens is 362 g/mol. The summed E-state index contributed by atoms with van der Waals surface area (Å²) in [5, 5.41) is 9.39. The summed E-state index contributed by atoms with van der Waals surface area (Å²) >= 11 is 0. The van der Waals surface area contributed by atoms with Gasteiger partial charge in [0.25, 0.3) is 0 Å². The van der Waals surface area contributed by atoms with E-state index in [-0.39, 0.29) is 6.03 Å². The average Bonchev–Trinajstić information content (AvgIpc) is 2.96. The second-order valence-corrected chi connectivity index (χ2v) is 7.58. The zero-order chi connectivity index (χ0) is 21.0. The number of amides is 2. The number of imidazole rings is 1.